The van der Waals surface area contributed by atoms with Crippen molar-refractivity contribution in [1.82, 2.24) is 10.2 Å². The van der Waals surface area contributed by atoms with Crippen molar-refractivity contribution < 1.29 is 26.8 Å². The zero-order chi connectivity index (χ0) is 24.8. The minimum atomic E-state index is -4.05. The number of hydrogen-bond donors (Lipinski definition) is 1. The Morgan fingerprint density at radius 3 is 2.30 bits per heavy atom. The molecule has 0 aliphatic rings. The second kappa shape index (κ2) is 11.4. The van der Waals surface area contributed by atoms with Crippen LogP contribution in [0.3, 0.4) is 0 Å². The summed E-state index contributed by atoms with van der Waals surface area (Å²) in [5.74, 6) is -3.52. The van der Waals surface area contributed by atoms with Crippen LogP contribution in [0.4, 0.5) is 14.5 Å². The summed E-state index contributed by atoms with van der Waals surface area (Å²) >= 11 is 6.25. The number of halogens is 3. The van der Waals surface area contributed by atoms with Gasteiger partial charge in [0.2, 0.25) is 21.8 Å². The molecule has 180 valence electrons. The van der Waals surface area contributed by atoms with Crippen molar-refractivity contribution in [2.24, 2.45) is 0 Å². The average molecular weight is 502 g/mol. The second-order valence-electron chi connectivity index (χ2n) is 7.30. The first-order valence-corrected chi connectivity index (χ1v) is 12.5. The van der Waals surface area contributed by atoms with Crippen LogP contribution in [0.5, 0.6) is 0 Å². The molecular formula is C22H26ClF2N3O4S. The molecule has 0 spiro atoms. The minimum absolute atomic E-state index is 0.0521. The molecule has 11 heteroatoms. The predicted octanol–water partition coefficient (Wildman–Crippen LogP) is 3.33. The van der Waals surface area contributed by atoms with Gasteiger partial charge < -0.3 is 10.2 Å². The van der Waals surface area contributed by atoms with E-state index < -0.39 is 46.1 Å². The molecule has 1 atom stereocenters. The zero-order valence-electron chi connectivity index (χ0n) is 18.5. The molecule has 1 N–H and O–H groups in total. The fraction of sp³-hybridized carbons (Fsp3) is 0.364. The van der Waals surface area contributed by atoms with E-state index in [0.29, 0.717) is 27.5 Å². The third-order valence-electron chi connectivity index (χ3n) is 4.91. The summed E-state index contributed by atoms with van der Waals surface area (Å²) in [6, 6.07) is 8.40. The van der Waals surface area contributed by atoms with E-state index in [1.807, 2.05) is 0 Å². The third kappa shape index (κ3) is 6.88. The molecule has 0 aliphatic heterocycles. The minimum Gasteiger partial charge on any atom is -0.355 e. The lowest BCUT2D eigenvalue weighted by atomic mass is 10.1. The fourth-order valence-electron chi connectivity index (χ4n) is 3.28. The maximum atomic E-state index is 13.8. The van der Waals surface area contributed by atoms with Crippen molar-refractivity contribution >= 4 is 39.1 Å². The van der Waals surface area contributed by atoms with Gasteiger partial charge in [0.1, 0.15) is 12.6 Å². The number of nitrogens with zero attached hydrogens (tertiary/aromatic N) is 2. The Balaban J connectivity index is 2.47. The van der Waals surface area contributed by atoms with Crippen LogP contribution in [-0.2, 0) is 26.2 Å². The van der Waals surface area contributed by atoms with Crippen molar-refractivity contribution in [3.63, 3.8) is 0 Å². The zero-order valence-corrected chi connectivity index (χ0v) is 20.1. The number of nitrogens with one attached hydrogen (secondary N) is 1. The summed E-state index contributed by atoms with van der Waals surface area (Å²) in [6.45, 7) is 3.03. The number of sulfonamides is 1. The Bertz CT molecular complexity index is 1110. The van der Waals surface area contributed by atoms with Crippen LogP contribution < -0.4 is 9.62 Å². The van der Waals surface area contributed by atoms with Crippen molar-refractivity contribution in [2.75, 3.05) is 23.7 Å². The highest BCUT2D eigenvalue weighted by molar-refractivity contribution is 7.92. The number of amides is 2. The molecule has 0 fully saturated rings. The molecule has 0 aliphatic carbocycles. The highest BCUT2D eigenvalue weighted by Crippen LogP contribution is 2.23. The summed E-state index contributed by atoms with van der Waals surface area (Å²) in [7, 11) is -4.05. The van der Waals surface area contributed by atoms with Gasteiger partial charge in [-0.2, -0.15) is 0 Å². The van der Waals surface area contributed by atoms with Gasteiger partial charge in [-0.05, 0) is 37.1 Å². The number of hydrogen-bond acceptors (Lipinski definition) is 4. The monoisotopic (exact) mass is 501 g/mol. The highest BCUT2D eigenvalue weighted by atomic mass is 35.5. The van der Waals surface area contributed by atoms with Crippen LogP contribution in [0.15, 0.2) is 42.5 Å². The molecule has 0 unspecified atom stereocenters. The lowest BCUT2D eigenvalue weighted by molar-refractivity contribution is -0.140. The third-order valence-corrected chi connectivity index (χ3v) is 6.42. The van der Waals surface area contributed by atoms with Crippen molar-refractivity contribution in [1.29, 1.82) is 0 Å². The lowest BCUT2D eigenvalue weighted by Gasteiger charge is -2.33. The van der Waals surface area contributed by atoms with Crippen molar-refractivity contribution in [3.8, 4) is 0 Å². The van der Waals surface area contributed by atoms with Crippen LogP contribution in [0.2, 0.25) is 5.02 Å². The molecule has 2 amide bonds. The molecule has 0 saturated heterocycles. The van der Waals surface area contributed by atoms with Gasteiger partial charge in [-0.15, -0.1) is 0 Å². The topological polar surface area (TPSA) is 86.8 Å². The predicted molar refractivity (Wildman–Crippen MR) is 123 cm³/mol. The number of likely N-dealkylation sites (N-methyl/N-ethyl adjacent to an activating group) is 1. The van der Waals surface area contributed by atoms with Gasteiger partial charge >= 0.3 is 0 Å². The first kappa shape index (κ1) is 26.5. The first-order chi connectivity index (χ1) is 15.5. The van der Waals surface area contributed by atoms with Crippen molar-refractivity contribution in [3.05, 3.63) is 64.7 Å². The molecule has 2 aromatic carbocycles. The quantitative estimate of drug-likeness (QED) is 0.541. The molecule has 0 heterocycles. The van der Waals surface area contributed by atoms with E-state index in [4.69, 9.17) is 11.6 Å². The van der Waals surface area contributed by atoms with Gasteiger partial charge in [-0.3, -0.25) is 13.9 Å². The highest BCUT2D eigenvalue weighted by Gasteiger charge is 2.32. The molecule has 0 saturated carbocycles. The van der Waals surface area contributed by atoms with Gasteiger partial charge in [-0.1, -0.05) is 36.7 Å². The SMILES string of the molecule is CCNC(=O)[C@@H](CC)N(Cc1ccccc1Cl)C(=O)CN(c1ccc(F)c(F)c1)S(C)(=O)=O. The van der Waals surface area contributed by atoms with E-state index in [2.05, 4.69) is 5.32 Å². The van der Waals surface area contributed by atoms with Gasteiger partial charge in [0, 0.05) is 24.2 Å². The van der Waals surface area contributed by atoms with Crippen LogP contribution >= 0.6 is 11.6 Å². The number of carbonyl (C=O) groups excluding carboxylic acids is 2. The molecule has 7 nitrogen and oxygen atoms in total. The summed E-state index contributed by atoms with van der Waals surface area (Å²) in [5.41, 5.74) is 0.350. The molecule has 2 aromatic rings. The molecule has 2 rings (SSSR count). The number of benzene rings is 2. The standard InChI is InChI=1S/C22H26ClF2N3O4S/c1-4-20(22(30)26-5-2)27(13-15-8-6-7-9-17(15)23)21(29)14-28(33(3,31)32)16-10-11-18(24)19(25)12-16/h6-12,20H,4-5,13-14H2,1-3H3,(H,26,30)/t20-/m1/s1. The molecule has 0 bridgehead atoms. The Morgan fingerprint density at radius 2 is 1.76 bits per heavy atom. The molecule has 33 heavy (non-hydrogen) atoms. The van der Waals surface area contributed by atoms with Crippen LogP contribution in [0.1, 0.15) is 25.8 Å². The summed E-state index contributed by atoms with van der Waals surface area (Å²) in [6.07, 6.45) is 1.10. The van der Waals surface area contributed by atoms with E-state index in [9.17, 15) is 26.8 Å². The van der Waals surface area contributed by atoms with Crippen LogP contribution in [0, 0.1) is 11.6 Å². The van der Waals surface area contributed by atoms with E-state index in [1.165, 1.54) is 4.90 Å². The summed E-state index contributed by atoms with van der Waals surface area (Å²) in [4.78, 5) is 27.3. The van der Waals surface area contributed by atoms with Gasteiger partial charge in [-0.25, -0.2) is 17.2 Å². The maximum Gasteiger partial charge on any atom is 0.244 e. The van der Waals surface area contributed by atoms with Gasteiger partial charge in [0.25, 0.3) is 0 Å². The normalized spacial score (nSPS) is 12.2. The van der Waals surface area contributed by atoms with Gasteiger partial charge in [0.15, 0.2) is 11.6 Å². The van der Waals surface area contributed by atoms with Crippen LogP contribution in [-0.4, -0.2) is 50.5 Å². The van der Waals surface area contributed by atoms with Crippen LogP contribution in [0.25, 0.3) is 0 Å². The van der Waals surface area contributed by atoms with E-state index in [1.54, 1.807) is 38.1 Å². The number of anilines is 1. The average Bonchev–Trinajstić information content (AvgIpc) is 2.74. The van der Waals surface area contributed by atoms with E-state index in [-0.39, 0.29) is 18.7 Å². The Morgan fingerprint density at radius 1 is 1.09 bits per heavy atom. The molecule has 0 aromatic heterocycles. The largest absolute Gasteiger partial charge is 0.355 e. The first-order valence-electron chi connectivity index (χ1n) is 10.2. The smallest absolute Gasteiger partial charge is 0.244 e. The number of carbonyl (C=O) groups is 2. The van der Waals surface area contributed by atoms with Gasteiger partial charge in [0.05, 0.1) is 11.9 Å². The maximum absolute atomic E-state index is 13.8. The lowest BCUT2D eigenvalue weighted by Crippen LogP contribution is -2.52. The Labute approximate surface area is 197 Å². The fourth-order valence-corrected chi connectivity index (χ4v) is 4.31. The number of rotatable bonds is 10. The van der Waals surface area contributed by atoms with Crippen molar-refractivity contribution in [2.45, 2.75) is 32.9 Å². The Kier molecular flexibility index (Phi) is 9.18. The molecular weight excluding hydrogens is 476 g/mol. The van der Waals surface area contributed by atoms with E-state index >= 15 is 0 Å². The summed E-state index contributed by atoms with van der Waals surface area (Å²) < 4.78 is 52.6. The summed E-state index contributed by atoms with van der Waals surface area (Å²) in [5, 5.41) is 3.05. The Hall–Kier alpha value is -2.72. The molecule has 0 radical (unpaired) electrons. The second-order valence-corrected chi connectivity index (χ2v) is 9.61. The van der Waals surface area contributed by atoms with E-state index in [0.717, 1.165) is 18.4 Å².